The average molecular weight is 331 g/mol. The summed E-state index contributed by atoms with van der Waals surface area (Å²) in [5.41, 5.74) is 0.546. The Bertz CT molecular complexity index is 754. The number of imidazole rings is 1. The first-order valence-corrected chi connectivity index (χ1v) is 7.98. The third-order valence-electron chi connectivity index (χ3n) is 4.15. The van der Waals surface area contributed by atoms with E-state index in [1.807, 2.05) is 16.4 Å². The van der Waals surface area contributed by atoms with Crippen LogP contribution < -0.4 is 5.56 Å². The Kier molecular flexibility index (Phi) is 5.05. The topological polar surface area (TPSA) is 93.1 Å². The zero-order valence-electron chi connectivity index (χ0n) is 13.6. The van der Waals surface area contributed by atoms with Crippen molar-refractivity contribution in [2.24, 2.45) is 5.92 Å². The quantitative estimate of drug-likeness (QED) is 0.851. The number of aryl methyl sites for hydroxylation is 1. The van der Waals surface area contributed by atoms with Crippen LogP contribution in [0.4, 0.5) is 0 Å². The van der Waals surface area contributed by atoms with Crippen molar-refractivity contribution in [1.29, 1.82) is 0 Å². The molecule has 0 aromatic carbocycles. The van der Waals surface area contributed by atoms with Crippen LogP contribution in [0.15, 0.2) is 29.6 Å². The molecule has 1 aliphatic rings. The zero-order chi connectivity index (χ0) is 16.9. The fourth-order valence-corrected chi connectivity index (χ4v) is 2.86. The molecule has 2 aromatic heterocycles. The molecular weight excluding hydrogens is 310 g/mol. The molecule has 1 amide bonds. The van der Waals surface area contributed by atoms with E-state index < -0.39 is 0 Å². The molecule has 2 aromatic rings. The molecule has 3 heterocycles. The average Bonchev–Trinajstić information content (AvgIpc) is 2.81. The van der Waals surface area contributed by atoms with Crippen molar-refractivity contribution in [1.82, 2.24) is 24.4 Å². The Labute approximate surface area is 139 Å². The first kappa shape index (κ1) is 16.4. The zero-order valence-corrected chi connectivity index (χ0v) is 13.6. The number of nitrogens with zero attached hydrogens (tertiary/aromatic N) is 4. The summed E-state index contributed by atoms with van der Waals surface area (Å²) in [6.45, 7) is 4.41. The normalized spacial score (nSPS) is 18.4. The summed E-state index contributed by atoms with van der Waals surface area (Å²) in [6.07, 6.45) is 5.51. The van der Waals surface area contributed by atoms with E-state index in [0.717, 1.165) is 5.82 Å². The van der Waals surface area contributed by atoms with E-state index in [0.29, 0.717) is 38.4 Å². The highest BCUT2D eigenvalue weighted by Gasteiger charge is 2.23. The van der Waals surface area contributed by atoms with E-state index in [9.17, 15) is 9.59 Å². The lowest BCUT2D eigenvalue weighted by atomic mass is 10.0. The summed E-state index contributed by atoms with van der Waals surface area (Å²) in [6, 6.07) is 1.49. The van der Waals surface area contributed by atoms with Gasteiger partial charge in [0.25, 0.3) is 5.56 Å². The summed E-state index contributed by atoms with van der Waals surface area (Å²) >= 11 is 0. The molecule has 0 radical (unpaired) electrons. The first-order valence-electron chi connectivity index (χ1n) is 7.98. The van der Waals surface area contributed by atoms with Crippen LogP contribution >= 0.6 is 0 Å². The van der Waals surface area contributed by atoms with Crippen LogP contribution in [0.3, 0.4) is 0 Å². The minimum atomic E-state index is -0.168. The number of H-pyrrole nitrogens is 1. The summed E-state index contributed by atoms with van der Waals surface area (Å²) in [5, 5.41) is 0. The molecule has 0 saturated carbocycles. The molecule has 1 saturated heterocycles. The van der Waals surface area contributed by atoms with E-state index in [1.54, 1.807) is 12.4 Å². The number of carbonyl (C=O) groups is 1. The molecule has 24 heavy (non-hydrogen) atoms. The van der Waals surface area contributed by atoms with Gasteiger partial charge in [-0.2, -0.15) is 0 Å². The molecule has 3 rings (SSSR count). The van der Waals surface area contributed by atoms with Crippen LogP contribution in [0.5, 0.6) is 0 Å². The summed E-state index contributed by atoms with van der Waals surface area (Å²) in [4.78, 5) is 36.6. The number of amides is 1. The predicted octanol–water partition coefficient (Wildman–Crippen LogP) is -0.00748. The number of aromatic nitrogens is 4. The Balaban J connectivity index is 1.64. The largest absolute Gasteiger partial charge is 0.379 e. The molecule has 128 valence electrons. The van der Waals surface area contributed by atoms with Gasteiger partial charge in [0.1, 0.15) is 12.4 Å². The lowest BCUT2D eigenvalue weighted by molar-refractivity contribution is -0.132. The van der Waals surface area contributed by atoms with Crippen LogP contribution in [0.25, 0.3) is 0 Å². The molecule has 1 N–H and O–H groups in total. The Hall–Kier alpha value is -2.48. The lowest BCUT2D eigenvalue weighted by Gasteiger charge is -2.24. The van der Waals surface area contributed by atoms with Gasteiger partial charge in [-0.05, 0) is 13.3 Å². The fraction of sp³-hybridized carbons (Fsp3) is 0.500. The van der Waals surface area contributed by atoms with Crippen molar-refractivity contribution in [3.05, 3.63) is 46.7 Å². The van der Waals surface area contributed by atoms with Crippen LogP contribution in [0.2, 0.25) is 0 Å². The number of aromatic amines is 1. The number of hydrogen-bond acceptors (Lipinski definition) is 5. The highest BCUT2D eigenvalue weighted by molar-refractivity contribution is 5.76. The molecule has 8 heteroatoms. The summed E-state index contributed by atoms with van der Waals surface area (Å²) in [5.74, 6) is 0.985. The van der Waals surface area contributed by atoms with Crippen molar-refractivity contribution in [3.63, 3.8) is 0 Å². The predicted molar refractivity (Wildman–Crippen MR) is 86.4 cm³/mol. The maximum absolute atomic E-state index is 12.6. The van der Waals surface area contributed by atoms with Crippen LogP contribution in [-0.2, 0) is 22.5 Å². The third-order valence-corrected chi connectivity index (χ3v) is 4.15. The van der Waals surface area contributed by atoms with Gasteiger partial charge in [-0.25, -0.2) is 9.97 Å². The molecule has 8 nitrogen and oxygen atoms in total. The third kappa shape index (κ3) is 4.08. The van der Waals surface area contributed by atoms with Gasteiger partial charge in [0.2, 0.25) is 5.91 Å². The molecule has 1 fully saturated rings. The van der Waals surface area contributed by atoms with Crippen LogP contribution in [0, 0.1) is 12.8 Å². The van der Waals surface area contributed by atoms with E-state index in [4.69, 9.17) is 4.74 Å². The molecule has 0 bridgehead atoms. The van der Waals surface area contributed by atoms with E-state index in [2.05, 4.69) is 15.0 Å². The standard InChI is InChI=1S/C16H21N5O3/c1-12-17-2-3-20(12)9-16(23)21-4-5-24-10-13(8-21)6-14-7-15(22)19-11-18-14/h2-3,7,11,13H,4-6,8-10H2,1H3,(H,18,19,22)/t13-/m0/s1. The molecular formula is C16H21N5O3. The highest BCUT2D eigenvalue weighted by atomic mass is 16.5. The number of carbonyl (C=O) groups excluding carboxylic acids is 1. The summed E-state index contributed by atoms with van der Waals surface area (Å²) < 4.78 is 7.46. The van der Waals surface area contributed by atoms with Gasteiger partial charge in [0.05, 0.1) is 19.5 Å². The molecule has 0 spiro atoms. The van der Waals surface area contributed by atoms with Crippen molar-refractivity contribution in [2.45, 2.75) is 19.9 Å². The molecule has 1 atom stereocenters. The maximum Gasteiger partial charge on any atom is 0.250 e. The van der Waals surface area contributed by atoms with Gasteiger partial charge in [0, 0.05) is 43.2 Å². The second-order valence-electron chi connectivity index (χ2n) is 5.99. The first-order chi connectivity index (χ1) is 11.6. The van der Waals surface area contributed by atoms with Crippen molar-refractivity contribution < 1.29 is 9.53 Å². The van der Waals surface area contributed by atoms with Crippen molar-refractivity contribution >= 4 is 5.91 Å². The van der Waals surface area contributed by atoms with Gasteiger partial charge < -0.3 is 19.2 Å². The summed E-state index contributed by atoms with van der Waals surface area (Å²) in [7, 11) is 0. The van der Waals surface area contributed by atoms with E-state index in [-0.39, 0.29) is 23.9 Å². The van der Waals surface area contributed by atoms with Crippen molar-refractivity contribution in [2.75, 3.05) is 26.3 Å². The lowest BCUT2D eigenvalue weighted by Crippen LogP contribution is -2.38. The number of nitrogens with one attached hydrogen (secondary N) is 1. The molecule has 1 aliphatic heterocycles. The molecule has 0 unspecified atom stereocenters. The van der Waals surface area contributed by atoms with Crippen LogP contribution in [-0.4, -0.2) is 56.6 Å². The van der Waals surface area contributed by atoms with E-state index in [1.165, 1.54) is 12.4 Å². The van der Waals surface area contributed by atoms with Gasteiger partial charge in [0.15, 0.2) is 0 Å². The van der Waals surface area contributed by atoms with Crippen LogP contribution in [0.1, 0.15) is 11.5 Å². The second kappa shape index (κ2) is 7.39. The van der Waals surface area contributed by atoms with Gasteiger partial charge in [-0.1, -0.05) is 0 Å². The van der Waals surface area contributed by atoms with Gasteiger partial charge in [-0.15, -0.1) is 0 Å². The highest BCUT2D eigenvalue weighted by Crippen LogP contribution is 2.13. The number of rotatable bonds is 4. The molecule has 0 aliphatic carbocycles. The number of ether oxygens (including phenoxy) is 1. The van der Waals surface area contributed by atoms with Gasteiger partial charge in [-0.3, -0.25) is 9.59 Å². The SMILES string of the molecule is Cc1nccn1CC(=O)N1CCOC[C@@H](Cc2cc(=O)[nH]cn2)C1. The number of hydrogen-bond donors (Lipinski definition) is 1. The fourth-order valence-electron chi connectivity index (χ4n) is 2.86. The Morgan fingerprint density at radius 3 is 3.08 bits per heavy atom. The second-order valence-corrected chi connectivity index (χ2v) is 5.99. The maximum atomic E-state index is 12.6. The minimum Gasteiger partial charge on any atom is -0.379 e. The monoisotopic (exact) mass is 331 g/mol. The smallest absolute Gasteiger partial charge is 0.250 e. The van der Waals surface area contributed by atoms with E-state index >= 15 is 0 Å². The Morgan fingerprint density at radius 1 is 1.46 bits per heavy atom. The Morgan fingerprint density at radius 2 is 2.33 bits per heavy atom. The van der Waals surface area contributed by atoms with Crippen molar-refractivity contribution in [3.8, 4) is 0 Å². The minimum absolute atomic E-state index is 0.0467. The van der Waals surface area contributed by atoms with Gasteiger partial charge >= 0.3 is 0 Å².